The SMILES string of the molecule is CCCCc1ccc(C(=O)NC(Cc2ccccc2)C(=O)Nc2nnc(-c3ccc4c(c3)OCO4)s2)cc1. The van der Waals surface area contributed by atoms with Crippen LogP contribution in [0.1, 0.15) is 41.3 Å². The quantitative estimate of drug-likeness (QED) is 0.291. The minimum absolute atomic E-state index is 0.188. The van der Waals surface area contributed by atoms with E-state index in [2.05, 4.69) is 27.8 Å². The van der Waals surface area contributed by atoms with E-state index in [1.807, 2.05) is 60.7 Å². The number of rotatable bonds is 10. The van der Waals surface area contributed by atoms with Crippen LogP contribution in [0, 0.1) is 0 Å². The number of benzene rings is 3. The molecule has 1 aromatic heterocycles. The van der Waals surface area contributed by atoms with Crippen LogP contribution in [0.5, 0.6) is 11.5 Å². The third-order valence-corrected chi connectivity index (χ3v) is 7.10. The summed E-state index contributed by atoms with van der Waals surface area (Å²) in [5.41, 5.74) is 3.44. The fourth-order valence-electron chi connectivity index (χ4n) is 4.12. The zero-order chi connectivity index (χ0) is 26.3. The van der Waals surface area contributed by atoms with Crippen molar-refractivity contribution in [2.75, 3.05) is 12.1 Å². The molecule has 0 aliphatic carbocycles. The number of carbonyl (C=O) groups is 2. The number of anilines is 1. The summed E-state index contributed by atoms with van der Waals surface area (Å²) in [5.74, 6) is 0.658. The molecule has 2 amide bonds. The molecule has 1 unspecified atom stereocenters. The standard InChI is InChI=1S/C29H28N4O4S/c1-2-3-7-19-10-12-21(13-11-19)26(34)30-23(16-20-8-5-4-6-9-20)27(35)31-29-33-32-28(38-29)22-14-15-24-25(17-22)37-18-36-24/h4-6,8-15,17,23H,2-3,7,16,18H2,1H3,(H,30,34)(H,31,33,35). The molecule has 1 aliphatic rings. The number of hydrogen-bond acceptors (Lipinski definition) is 7. The highest BCUT2D eigenvalue weighted by Crippen LogP contribution is 2.37. The summed E-state index contributed by atoms with van der Waals surface area (Å²) in [7, 11) is 0. The summed E-state index contributed by atoms with van der Waals surface area (Å²) < 4.78 is 10.8. The predicted octanol–water partition coefficient (Wildman–Crippen LogP) is 5.26. The van der Waals surface area contributed by atoms with Crippen LogP contribution < -0.4 is 20.1 Å². The lowest BCUT2D eigenvalue weighted by Gasteiger charge is -2.18. The van der Waals surface area contributed by atoms with E-state index in [0.29, 0.717) is 33.6 Å². The number of aromatic nitrogens is 2. The maximum absolute atomic E-state index is 13.3. The summed E-state index contributed by atoms with van der Waals surface area (Å²) in [4.78, 5) is 26.4. The van der Waals surface area contributed by atoms with E-state index in [9.17, 15) is 9.59 Å². The van der Waals surface area contributed by atoms with Crippen molar-refractivity contribution in [2.24, 2.45) is 0 Å². The Labute approximate surface area is 225 Å². The Morgan fingerprint density at radius 3 is 2.53 bits per heavy atom. The zero-order valence-corrected chi connectivity index (χ0v) is 21.8. The van der Waals surface area contributed by atoms with Gasteiger partial charge in [-0.15, -0.1) is 10.2 Å². The molecular weight excluding hydrogens is 500 g/mol. The predicted molar refractivity (Wildman–Crippen MR) is 147 cm³/mol. The van der Waals surface area contributed by atoms with Gasteiger partial charge in [-0.2, -0.15) is 0 Å². The van der Waals surface area contributed by atoms with Gasteiger partial charge in [-0.1, -0.05) is 67.1 Å². The van der Waals surface area contributed by atoms with Crippen LogP contribution in [-0.4, -0.2) is 34.8 Å². The lowest BCUT2D eigenvalue weighted by atomic mass is 10.0. The molecular formula is C29H28N4O4S. The van der Waals surface area contributed by atoms with Crippen molar-refractivity contribution < 1.29 is 19.1 Å². The first-order valence-corrected chi connectivity index (χ1v) is 13.4. The minimum Gasteiger partial charge on any atom is -0.454 e. The molecule has 0 fully saturated rings. The van der Waals surface area contributed by atoms with Gasteiger partial charge >= 0.3 is 0 Å². The molecule has 3 aromatic carbocycles. The smallest absolute Gasteiger partial charge is 0.251 e. The van der Waals surface area contributed by atoms with Crippen LogP contribution in [0.15, 0.2) is 72.8 Å². The molecule has 5 rings (SSSR count). The molecule has 0 spiro atoms. The normalized spacial score (nSPS) is 12.7. The molecule has 8 nitrogen and oxygen atoms in total. The molecule has 9 heteroatoms. The average molecular weight is 529 g/mol. The van der Waals surface area contributed by atoms with Crippen LogP contribution in [-0.2, 0) is 17.6 Å². The minimum atomic E-state index is -0.803. The highest BCUT2D eigenvalue weighted by atomic mass is 32.1. The number of fused-ring (bicyclic) bond motifs is 1. The largest absolute Gasteiger partial charge is 0.454 e. The van der Waals surface area contributed by atoms with Crippen molar-refractivity contribution in [3.05, 3.63) is 89.5 Å². The van der Waals surface area contributed by atoms with Gasteiger partial charge in [-0.05, 0) is 54.3 Å². The first-order chi connectivity index (χ1) is 18.6. The second kappa shape index (κ2) is 11.9. The number of carbonyl (C=O) groups excluding carboxylic acids is 2. The topological polar surface area (TPSA) is 102 Å². The number of amides is 2. The second-order valence-electron chi connectivity index (χ2n) is 8.99. The second-order valence-corrected chi connectivity index (χ2v) is 9.96. The summed E-state index contributed by atoms with van der Waals surface area (Å²) >= 11 is 1.24. The van der Waals surface area contributed by atoms with Gasteiger partial charge in [-0.3, -0.25) is 14.9 Å². The Kier molecular flexibility index (Phi) is 7.94. The van der Waals surface area contributed by atoms with Gasteiger partial charge in [0.2, 0.25) is 17.8 Å². The van der Waals surface area contributed by atoms with Crippen LogP contribution in [0.25, 0.3) is 10.6 Å². The highest BCUT2D eigenvalue weighted by molar-refractivity contribution is 7.18. The van der Waals surface area contributed by atoms with Crippen molar-refractivity contribution in [2.45, 2.75) is 38.6 Å². The molecule has 0 radical (unpaired) electrons. The van der Waals surface area contributed by atoms with Crippen LogP contribution >= 0.6 is 11.3 Å². The van der Waals surface area contributed by atoms with Gasteiger partial charge in [0.25, 0.3) is 5.91 Å². The first kappa shape index (κ1) is 25.4. The van der Waals surface area contributed by atoms with Gasteiger partial charge in [0, 0.05) is 17.5 Å². The molecule has 1 atom stereocenters. The number of unbranched alkanes of at least 4 members (excludes halogenated alkanes) is 1. The summed E-state index contributed by atoms with van der Waals surface area (Å²) in [5, 5.41) is 15.1. The summed E-state index contributed by atoms with van der Waals surface area (Å²) in [6.07, 6.45) is 3.53. The van der Waals surface area contributed by atoms with E-state index in [-0.39, 0.29) is 18.6 Å². The van der Waals surface area contributed by atoms with E-state index in [1.54, 1.807) is 12.1 Å². The van der Waals surface area contributed by atoms with Crippen LogP contribution in [0.4, 0.5) is 5.13 Å². The lowest BCUT2D eigenvalue weighted by Crippen LogP contribution is -2.45. The Bertz CT molecular complexity index is 1410. The molecule has 2 N–H and O–H groups in total. The zero-order valence-electron chi connectivity index (χ0n) is 21.0. The fourth-order valence-corrected chi connectivity index (χ4v) is 4.86. The van der Waals surface area contributed by atoms with Crippen molar-refractivity contribution in [1.29, 1.82) is 0 Å². The van der Waals surface area contributed by atoms with E-state index in [1.165, 1.54) is 16.9 Å². The number of aryl methyl sites for hydroxylation is 1. The van der Waals surface area contributed by atoms with Crippen molar-refractivity contribution in [3.8, 4) is 22.1 Å². The highest BCUT2D eigenvalue weighted by Gasteiger charge is 2.24. The molecule has 0 bridgehead atoms. The fraction of sp³-hybridized carbons (Fsp3) is 0.241. The number of hydrogen-bond donors (Lipinski definition) is 2. The number of nitrogens with one attached hydrogen (secondary N) is 2. The maximum atomic E-state index is 13.3. The van der Waals surface area contributed by atoms with Crippen molar-refractivity contribution >= 4 is 28.3 Å². The monoisotopic (exact) mass is 528 g/mol. The van der Waals surface area contributed by atoms with E-state index in [0.717, 1.165) is 30.4 Å². The molecule has 0 saturated heterocycles. The molecule has 1 aliphatic heterocycles. The average Bonchev–Trinajstić information content (AvgIpc) is 3.61. The molecule has 194 valence electrons. The van der Waals surface area contributed by atoms with Gasteiger partial charge < -0.3 is 14.8 Å². The lowest BCUT2D eigenvalue weighted by molar-refractivity contribution is -0.118. The van der Waals surface area contributed by atoms with Crippen LogP contribution in [0.2, 0.25) is 0 Å². The number of nitrogens with zero attached hydrogens (tertiary/aromatic N) is 2. The Balaban J connectivity index is 1.29. The summed E-state index contributed by atoms with van der Waals surface area (Å²) in [6, 6.07) is 21.8. The Hall–Kier alpha value is -4.24. The Morgan fingerprint density at radius 2 is 1.74 bits per heavy atom. The molecule has 0 saturated carbocycles. The van der Waals surface area contributed by atoms with Gasteiger partial charge in [0.15, 0.2) is 11.5 Å². The van der Waals surface area contributed by atoms with Gasteiger partial charge in [0.1, 0.15) is 11.0 Å². The molecule has 4 aromatic rings. The third kappa shape index (κ3) is 6.18. The van der Waals surface area contributed by atoms with Crippen molar-refractivity contribution in [3.63, 3.8) is 0 Å². The van der Waals surface area contributed by atoms with E-state index >= 15 is 0 Å². The van der Waals surface area contributed by atoms with E-state index in [4.69, 9.17) is 9.47 Å². The maximum Gasteiger partial charge on any atom is 0.251 e. The number of ether oxygens (including phenoxy) is 2. The third-order valence-electron chi connectivity index (χ3n) is 6.21. The summed E-state index contributed by atoms with van der Waals surface area (Å²) in [6.45, 7) is 2.34. The Morgan fingerprint density at radius 1 is 0.947 bits per heavy atom. The van der Waals surface area contributed by atoms with Gasteiger partial charge in [-0.25, -0.2) is 0 Å². The van der Waals surface area contributed by atoms with Gasteiger partial charge in [0.05, 0.1) is 0 Å². The van der Waals surface area contributed by atoms with Crippen molar-refractivity contribution in [1.82, 2.24) is 15.5 Å². The molecule has 2 heterocycles. The molecule has 38 heavy (non-hydrogen) atoms. The first-order valence-electron chi connectivity index (χ1n) is 12.6. The van der Waals surface area contributed by atoms with E-state index < -0.39 is 6.04 Å². The van der Waals surface area contributed by atoms with Crippen LogP contribution in [0.3, 0.4) is 0 Å².